The Morgan fingerprint density at radius 1 is 1.40 bits per heavy atom. The normalized spacial score (nSPS) is 10.3. The minimum Gasteiger partial charge on any atom is -0.429 e. The summed E-state index contributed by atoms with van der Waals surface area (Å²) < 4.78 is 19.2. The second kappa shape index (κ2) is 5.60. The fourth-order valence-electron chi connectivity index (χ4n) is 1.66. The van der Waals surface area contributed by atoms with Crippen molar-refractivity contribution in [2.45, 2.75) is 20.3 Å². The number of benzene rings is 1. The molecule has 0 aliphatic carbocycles. The van der Waals surface area contributed by atoms with E-state index in [1.165, 1.54) is 18.5 Å². The van der Waals surface area contributed by atoms with Gasteiger partial charge in [0.15, 0.2) is 0 Å². The SMILES string of the molecule is CCc1ncnc(Oc2cc(C)ccc2[N+](=O)[O-])c1F. The molecule has 1 heterocycles. The molecule has 0 atom stereocenters. The third-order valence-electron chi connectivity index (χ3n) is 2.68. The highest BCUT2D eigenvalue weighted by molar-refractivity contribution is 5.49. The zero-order valence-electron chi connectivity index (χ0n) is 11.0. The minimum absolute atomic E-state index is 0.0466. The molecule has 1 aromatic heterocycles. The molecule has 0 amide bonds. The first-order chi connectivity index (χ1) is 9.52. The molecule has 2 aromatic rings. The predicted octanol–water partition coefficient (Wildman–Crippen LogP) is 3.19. The van der Waals surface area contributed by atoms with E-state index < -0.39 is 10.7 Å². The van der Waals surface area contributed by atoms with E-state index in [9.17, 15) is 14.5 Å². The van der Waals surface area contributed by atoms with Gasteiger partial charge in [-0.05, 0) is 25.0 Å². The number of hydrogen-bond donors (Lipinski definition) is 0. The predicted molar refractivity (Wildman–Crippen MR) is 69.3 cm³/mol. The lowest BCUT2D eigenvalue weighted by Gasteiger charge is -2.08. The van der Waals surface area contributed by atoms with Crippen molar-refractivity contribution in [3.05, 3.63) is 51.7 Å². The Labute approximate surface area is 114 Å². The van der Waals surface area contributed by atoms with Crippen LogP contribution in [0.1, 0.15) is 18.2 Å². The van der Waals surface area contributed by atoms with Gasteiger partial charge in [0, 0.05) is 6.07 Å². The lowest BCUT2D eigenvalue weighted by molar-refractivity contribution is -0.385. The third kappa shape index (κ3) is 2.71. The maximum absolute atomic E-state index is 14.0. The molecular formula is C13H12FN3O3. The Bertz CT molecular complexity index is 661. The fourth-order valence-corrected chi connectivity index (χ4v) is 1.66. The van der Waals surface area contributed by atoms with Gasteiger partial charge in [0.2, 0.25) is 11.6 Å². The molecule has 0 N–H and O–H groups in total. The molecule has 0 saturated carbocycles. The second-order valence-electron chi connectivity index (χ2n) is 4.12. The summed E-state index contributed by atoms with van der Waals surface area (Å²) in [5.41, 5.74) is 0.716. The largest absolute Gasteiger partial charge is 0.429 e. The van der Waals surface area contributed by atoms with E-state index >= 15 is 0 Å². The van der Waals surface area contributed by atoms with Crippen molar-refractivity contribution < 1.29 is 14.1 Å². The highest BCUT2D eigenvalue weighted by Gasteiger charge is 2.19. The van der Waals surface area contributed by atoms with Gasteiger partial charge in [0.25, 0.3) is 5.88 Å². The molecule has 0 aliphatic heterocycles. The van der Waals surface area contributed by atoms with Gasteiger partial charge in [-0.15, -0.1) is 0 Å². The smallest absolute Gasteiger partial charge is 0.311 e. The Balaban J connectivity index is 2.44. The number of aromatic nitrogens is 2. The summed E-state index contributed by atoms with van der Waals surface area (Å²) in [4.78, 5) is 17.8. The Kier molecular flexibility index (Phi) is 3.88. The Morgan fingerprint density at radius 2 is 2.15 bits per heavy atom. The highest BCUT2D eigenvalue weighted by Crippen LogP contribution is 2.32. The van der Waals surface area contributed by atoms with Gasteiger partial charge >= 0.3 is 5.69 Å². The summed E-state index contributed by atoms with van der Waals surface area (Å²) in [5.74, 6) is -1.06. The fraction of sp³-hybridized carbons (Fsp3) is 0.231. The third-order valence-corrected chi connectivity index (χ3v) is 2.68. The minimum atomic E-state index is -0.703. The van der Waals surface area contributed by atoms with E-state index in [-0.39, 0.29) is 23.0 Å². The van der Waals surface area contributed by atoms with Crippen LogP contribution in [0.25, 0.3) is 0 Å². The van der Waals surface area contributed by atoms with Crippen molar-refractivity contribution >= 4 is 5.69 Å². The number of ether oxygens (including phenoxy) is 1. The lowest BCUT2D eigenvalue weighted by atomic mass is 10.2. The van der Waals surface area contributed by atoms with Crippen LogP contribution in [0.15, 0.2) is 24.5 Å². The summed E-state index contributed by atoms with van der Waals surface area (Å²) in [6, 6.07) is 4.36. The molecule has 0 unspecified atom stereocenters. The monoisotopic (exact) mass is 277 g/mol. The number of nitro benzene ring substituents is 1. The number of rotatable bonds is 4. The molecule has 0 aliphatic rings. The van der Waals surface area contributed by atoms with E-state index in [2.05, 4.69) is 9.97 Å². The first kappa shape index (κ1) is 13.9. The molecule has 1 aromatic carbocycles. The maximum atomic E-state index is 14.0. The van der Waals surface area contributed by atoms with Crippen LogP contribution in [0, 0.1) is 22.9 Å². The zero-order valence-corrected chi connectivity index (χ0v) is 11.0. The van der Waals surface area contributed by atoms with Crippen LogP contribution >= 0.6 is 0 Å². The standard InChI is InChI=1S/C13H12FN3O3/c1-3-9-12(14)13(16-7-15-9)20-11-6-8(2)4-5-10(11)17(18)19/h4-7H,3H2,1-2H3. The molecular weight excluding hydrogens is 265 g/mol. The van der Waals surface area contributed by atoms with E-state index in [0.717, 1.165) is 5.56 Å². The van der Waals surface area contributed by atoms with Crippen LogP contribution in [0.4, 0.5) is 10.1 Å². The summed E-state index contributed by atoms with van der Waals surface area (Å²) in [6.45, 7) is 3.49. The summed E-state index contributed by atoms with van der Waals surface area (Å²) in [7, 11) is 0. The van der Waals surface area contributed by atoms with Gasteiger partial charge in [0.05, 0.1) is 10.6 Å². The molecule has 0 fully saturated rings. The lowest BCUT2D eigenvalue weighted by Crippen LogP contribution is -2.01. The topological polar surface area (TPSA) is 78.2 Å². The van der Waals surface area contributed by atoms with Gasteiger partial charge in [0.1, 0.15) is 6.33 Å². The Hall–Kier alpha value is -2.57. The summed E-state index contributed by atoms with van der Waals surface area (Å²) in [6.07, 6.45) is 1.54. The highest BCUT2D eigenvalue weighted by atomic mass is 19.1. The van der Waals surface area contributed by atoms with Crippen molar-refractivity contribution in [2.24, 2.45) is 0 Å². The molecule has 104 valence electrons. The van der Waals surface area contributed by atoms with Crippen molar-refractivity contribution in [3.8, 4) is 11.6 Å². The van der Waals surface area contributed by atoms with Crippen LogP contribution in [-0.4, -0.2) is 14.9 Å². The molecule has 0 radical (unpaired) electrons. The Morgan fingerprint density at radius 3 is 2.80 bits per heavy atom. The first-order valence-corrected chi connectivity index (χ1v) is 5.95. The van der Waals surface area contributed by atoms with Gasteiger partial charge in [-0.2, -0.15) is 9.37 Å². The van der Waals surface area contributed by atoms with E-state index in [1.54, 1.807) is 19.9 Å². The molecule has 0 spiro atoms. The quantitative estimate of drug-likeness (QED) is 0.633. The van der Waals surface area contributed by atoms with E-state index in [1.807, 2.05) is 0 Å². The average Bonchev–Trinajstić information content (AvgIpc) is 2.41. The van der Waals surface area contributed by atoms with Crippen LogP contribution in [0.5, 0.6) is 11.6 Å². The summed E-state index contributed by atoms with van der Waals surface area (Å²) in [5, 5.41) is 10.9. The zero-order chi connectivity index (χ0) is 14.7. The number of hydrogen-bond acceptors (Lipinski definition) is 5. The molecule has 6 nitrogen and oxygen atoms in total. The van der Waals surface area contributed by atoms with Gasteiger partial charge < -0.3 is 4.74 Å². The first-order valence-electron chi connectivity index (χ1n) is 5.95. The van der Waals surface area contributed by atoms with Crippen LogP contribution < -0.4 is 4.74 Å². The van der Waals surface area contributed by atoms with Gasteiger partial charge in [-0.1, -0.05) is 13.0 Å². The number of nitro groups is 1. The van der Waals surface area contributed by atoms with Gasteiger partial charge in [-0.25, -0.2) is 4.98 Å². The van der Waals surface area contributed by atoms with Crippen molar-refractivity contribution in [3.63, 3.8) is 0 Å². The van der Waals surface area contributed by atoms with Crippen LogP contribution in [-0.2, 0) is 6.42 Å². The van der Waals surface area contributed by atoms with E-state index in [0.29, 0.717) is 6.42 Å². The molecule has 0 bridgehead atoms. The average molecular weight is 277 g/mol. The van der Waals surface area contributed by atoms with Crippen molar-refractivity contribution in [1.29, 1.82) is 0 Å². The summed E-state index contributed by atoms with van der Waals surface area (Å²) >= 11 is 0. The van der Waals surface area contributed by atoms with Crippen LogP contribution in [0.3, 0.4) is 0 Å². The second-order valence-corrected chi connectivity index (χ2v) is 4.12. The maximum Gasteiger partial charge on any atom is 0.311 e. The van der Waals surface area contributed by atoms with Crippen molar-refractivity contribution in [1.82, 2.24) is 9.97 Å². The molecule has 20 heavy (non-hydrogen) atoms. The number of halogens is 1. The van der Waals surface area contributed by atoms with Gasteiger partial charge in [-0.3, -0.25) is 10.1 Å². The van der Waals surface area contributed by atoms with E-state index in [4.69, 9.17) is 4.74 Å². The van der Waals surface area contributed by atoms with Crippen LogP contribution in [0.2, 0.25) is 0 Å². The molecule has 2 rings (SSSR count). The molecule has 7 heteroatoms. The molecule has 0 saturated heterocycles. The number of nitrogens with zero attached hydrogens (tertiary/aromatic N) is 3. The van der Waals surface area contributed by atoms with Crippen molar-refractivity contribution in [2.75, 3.05) is 0 Å². The number of aryl methyl sites for hydroxylation is 2.